The lowest BCUT2D eigenvalue weighted by Gasteiger charge is -2.22. The SMILES string of the molecule is CCN(Cc1ccco1)C(=O)N[C@H](CO)C(=O)O. The number of nitrogens with zero attached hydrogens (tertiary/aromatic N) is 1. The molecule has 0 unspecified atom stereocenters. The van der Waals surface area contributed by atoms with E-state index in [9.17, 15) is 9.59 Å². The van der Waals surface area contributed by atoms with E-state index in [1.54, 1.807) is 19.1 Å². The molecule has 18 heavy (non-hydrogen) atoms. The molecule has 7 heteroatoms. The van der Waals surface area contributed by atoms with Crippen molar-refractivity contribution < 1.29 is 24.2 Å². The van der Waals surface area contributed by atoms with Gasteiger partial charge >= 0.3 is 12.0 Å². The molecule has 1 aromatic heterocycles. The summed E-state index contributed by atoms with van der Waals surface area (Å²) in [5.41, 5.74) is 0. The summed E-state index contributed by atoms with van der Waals surface area (Å²) in [5, 5.41) is 19.8. The largest absolute Gasteiger partial charge is 0.480 e. The van der Waals surface area contributed by atoms with Crippen molar-refractivity contribution in [1.82, 2.24) is 10.2 Å². The summed E-state index contributed by atoms with van der Waals surface area (Å²) in [6.45, 7) is 1.74. The number of carbonyl (C=O) groups is 2. The summed E-state index contributed by atoms with van der Waals surface area (Å²) in [4.78, 5) is 23.8. The molecule has 1 aromatic rings. The monoisotopic (exact) mass is 256 g/mol. The molecule has 2 amide bonds. The van der Waals surface area contributed by atoms with Gasteiger partial charge in [0.15, 0.2) is 6.04 Å². The minimum atomic E-state index is -1.30. The number of carboxylic acids is 1. The number of carbonyl (C=O) groups excluding carboxylic acids is 1. The van der Waals surface area contributed by atoms with Crippen LogP contribution in [0.2, 0.25) is 0 Å². The molecule has 0 fully saturated rings. The Morgan fingerprint density at radius 2 is 2.28 bits per heavy atom. The van der Waals surface area contributed by atoms with E-state index in [2.05, 4.69) is 5.32 Å². The van der Waals surface area contributed by atoms with E-state index in [1.807, 2.05) is 0 Å². The van der Waals surface area contributed by atoms with Crippen LogP contribution in [-0.2, 0) is 11.3 Å². The minimum absolute atomic E-state index is 0.243. The van der Waals surface area contributed by atoms with Gasteiger partial charge < -0.3 is 24.8 Å². The molecule has 0 radical (unpaired) electrons. The van der Waals surface area contributed by atoms with Gasteiger partial charge in [-0.1, -0.05) is 0 Å². The molecule has 0 aliphatic carbocycles. The van der Waals surface area contributed by atoms with E-state index in [0.29, 0.717) is 12.3 Å². The Kier molecular flexibility index (Phi) is 5.19. The van der Waals surface area contributed by atoms with Gasteiger partial charge in [0.1, 0.15) is 5.76 Å². The lowest BCUT2D eigenvalue weighted by atomic mass is 10.3. The number of amides is 2. The Hall–Kier alpha value is -2.02. The molecule has 0 aliphatic heterocycles. The Balaban J connectivity index is 2.59. The van der Waals surface area contributed by atoms with Gasteiger partial charge in [0.25, 0.3) is 0 Å². The van der Waals surface area contributed by atoms with Gasteiger partial charge in [-0.05, 0) is 19.1 Å². The molecular formula is C11H16N2O5. The Labute approximate surface area is 104 Å². The first kappa shape index (κ1) is 14.0. The summed E-state index contributed by atoms with van der Waals surface area (Å²) in [6.07, 6.45) is 1.49. The number of rotatable bonds is 6. The molecule has 7 nitrogen and oxygen atoms in total. The van der Waals surface area contributed by atoms with E-state index < -0.39 is 24.6 Å². The molecule has 100 valence electrons. The second-order valence-corrected chi connectivity index (χ2v) is 3.62. The lowest BCUT2D eigenvalue weighted by Crippen LogP contribution is -2.49. The first-order valence-corrected chi connectivity index (χ1v) is 5.50. The van der Waals surface area contributed by atoms with Gasteiger partial charge in [0.2, 0.25) is 0 Å². The lowest BCUT2D eigenvalue weighted by molar-refractivity contribution is -0.140. The van der Waals surface area contributed by atoms with E-state index >= 15 is 0 Å². The molecule has 1 atom stereocenters. The van der Waals surface area contributed by atoms with Gasteiger partial charge in [-0.2, -0.15) is 0 Å². The van der Waals surface area contributed by atoms with Gasteiger partial charge in [-0.3, -0.25) is 0 Å². The number of aliphatic hydroxyl groups is 1. The number of hydrogen-bond acceptors (Lipinski definition) is 4. The number of urea groups is 1. The first-order chi connectivity index (χ1) is 8.58. The van der Waals surface area contributed by atoms with Crippen LogP contribution in [0, 0.1) is 0 Å². The van der Waals surface area contributed by atoms with Crippen LogP contribution in [0.25, 0.3) is 0 Å². The van der Waals surface area contributed by atoms with Crippen LogP contribution in [-0.4, -0.2) is 46.3 Å². The number of aliphatic carboxylic acids is 1. The number of nitrogens with one attached hydrogen (secondary N) is 1. The summed E-state index contributed by atoms with van der Waals surface area (Å²) in [7, 11) is 0. The second-order valence-electron chi connectivity index (χ2n) is 3.62. The number of carboxylic acid groups (broad SMARTS) is 1. The zero-order chi connectivity index (χ0) is 13.5. The molecule has 0 saturated heterocycles. The summed E-state index contributed by atoms with van der Waals surface area (Å²) in [5.74, 6) is -0.678. The average molecular weight is 256 g/mol. The maximum atomic E-state index is 11.8. The van der Waals surface area contributed by atoms with Crippen molar-refractivity contribution in [3.8, 4) is 0 Å². The third kappa shape index (κ3) is 3.77. The normalized spacial score (nSPS) is 11.9. The van der Waals surface area contributed by atoms with Crippen LogP contribution >= 0.6 is 0 Å². The van der Waals surface area contributed by atoms with Crippen LogP contribution in [0.4, 0.5) is 4.79 Å². The van der Waals surface area contributed by atoms with Gasteiger partial charge in [0.05, 0.1) is 19.4 Å². The summed E-state index contributed by atoms with van der Waals surface area (Å²) >= 11 is 0. The molecule has 0 spiro atoms. The van der Waals surface area contributed by atoms with E-state index in [-0.39, 0.29) is 6.54 Å². The molecule has 0 saturated carbocycles. The fourth-order valence-corrected chi connectivity index (χ4v) is 1.34. The highest BCUT2D eigenvalue weighted by atomic mass is 16.4. The quantitative estimate of drug-likeness (QED) is 0.677. The van der Waals surface area contributed by atoms with Crippen molar-refractivity contribution in [3.63, 3.8) is 0 Å². The zero-order valence-electron chi connectivity index (χ0n) is 10.00. The van der Waals surface area contributed by atoms with Gasteiger partial charge in [0, 0.05) is 6.54 Å². The van der Waals surface area contributed by atoms with Crippen molar-refractivity contribution >= 4 is 12.0 Å². The average Bonchev–Trinajstić information content (AvgIpc) is 2.85. The number of hydrogen-bond donors (Lipinski definition) is 3. The third-order valence-electron chi connectivity index (χ3n) is 2.37. The van der Waals surface area contributed by atoms with Crippen LogP contribution in [0.15, 0.2) is 22.8 Å². The van der Waals surface area contributed by atoms with Crippen LogP contribution in [0.5, 0.6) is 0 Å². The molecule has 0 aromatic carbocycles. The highest BCUT2D eigenvalue weighted by Gasteiger charge is 2.22. The number of aliphatic hydroxyl groups excluding tert-OH is 1. The van der Waals surface area contributed by atoms with Gasteiger partial charge in [-0.25, -0.2) is 9.59 Å². The molecular weight excluding hydrogens is 240 g/mol. The summed E-state index contributed by atoms with van der Waals surface area (Å²) < 4.78 is 5.11. The van der Waals surface area contributed by atoms with E-state index in [4.69, 9.17) is 14.6 Å². The van der Waals surface area contributed by atoms with Crippen LogP contribution in [0.1, 0.15) is 12.7 Å². The van der Waals surface area contributed by atoms with Crippen molar-refractivity contribution in [1.29, 1.82) is 0 Å². The molecule has 0 aliphatic rings. The van der Waals surface area contributed by atoms with Crippen LogP contribution < -0.4 is 5.32 Å². The molecule has 1 heterocycles. The Morgan fingerprint density at radius 3 is 2.72 bits per heavy atom. The van der Waals surface area contributed by atoms with Crippen molar-refractivity contribution in [2.45, 2.75) is 19.5 Å². The third-order valence-corrected chi connectivity index (χ3v) is 2.37. The Morgan fingerprint density at radius 1 is 1.56 bits per heavy atom. The first-order valence-electron chi connectivity index (χ1n) is 5.50. The molecule has 0 bridgehead atoms. The minimum Gasteiger partial charge on any atom is -0.480 e. The fraction of sp³-hybridized carbons (Fsp3) is 0.455. The highest BCUT2D eigenvalue weighted by molar-refractivity contribution is 5.82. The maximum absolute atomic E-state index is 11.8. The zero-order valence-corrected chi connectivity index (χ0v) is 10.00. The number of furan rings is 1. The summed E-state index contributed by atoms with van der Waals surface area (Å²) in [6, 6.07) is 1.56. The van der Waals surface area contributed by atoms with Crippen molar-refractivity contribution in [2.24, 2.45) is 0 Å². The standard InChI is InChI=1S/C11H16N2O5/c1-2-13(6-8-4-3-5-18-8)11(17)12-9(7-14)10(15)16/h3-5,9,14H,2,6-7H2,1H3,(H,12,17)(H,15,16)/t9-/m1/s1. The molecule has 1 rings (SSSR count). The predicted molar refractivity (Wildman–Crippen MR) is 61.8 cm³/mol. The smallest absolute Gasteiger partial charge is 0.328 e. The molecule has 3 N–H and O–H groups in total. The predicted octanol–water partition coefficient (Wildman–Crippen LogP) is 0.257. The maximum Gasteiger partial charge on any atom is 0.328 e. The van der Waals surface area contributed by atoms with Gasteiger partial charge in [-0.15, -0.1) is 0 Å². The second kappa shape index (κ2) is 6.65. The van der Waals surface area contributed by atoms with E-state index in [0.717, 1.165) is 0 Å². The van der Waals surface area contributed by atoms with Crippen LogP contribution in [0.3, 0.4) is 0 Å². The highest BCUT2D eigenvalue weighted by Crippen LogP contribution is 2.05. The van der Waals surface area contributed by atoms with E-state index in [1.165, 1.54) is 11.2 Å². The fourth-order valence-electron chi connectivity index (χ4n) is 1.34. The van der Waals surface area contributed by atoms with Crippen molar-refractivity contribution in [3.05, 3.63) is 24.2 Å². The Bertz CT molecular complexity index is 390. The van der Waals surface area contributed by atoms with Crippen molar-refractivity contribution in [2.75, 3.05) is 13.2 Å². The topological polar surface area (TPSA) is 103 Å².